The van der Waals surface area contributed by atoms with E-state index in [1.807, 2.05) is 20.2 Å². The number of aromatic nitrogens is 1. The maximum Gasteiger partial charge on any atom is 0.0554 e. The van der Waals surface area contributed by atoms with Crippen LogP contribution in [-0.2, 0) is 0 Å². The predicted molar refractivity (Wildman–Crippen MR) is 50.5 cm³/mol. The molecule has 0 spiro atoms. The van der Waals surface area contributed by atoms with Crippen LogP contribution in [0.5, 0.6) is 0 Å². The van der Waals surface area contributed by atoms with Crippen LogP contribution in [0.2, 0.25) is 0 Å². The number of rotatable bonds is 1. The van der Waals surface area contributed by atoms with Gasteiger partial charge in [-0.15, -0.1) is 12.4 Å². The Morgan fingerprint density at radius 2 is 2.00 bits per heavy atom. The van der Waals surface area contributed by atoms with Gasteiger partial charge >= 0.3 is 0 Å². The minimum absolute atomic E-state index is 0. The van der Waals surface area contributed by atoms with Gasteiger partial charge in [0.25, 0.3) is 0 Å². The third kappa shape index (κ3) is 2.39. The highest BCUT2D eigenvalue weighted by molar-refractivity contribution is 5.85. The zero-order chi connectivity index (χ0) is 7.56. The van der Waals surface area contributed by atoms with Gasteiger partial charge in [0.1, 0.15) is 0 Å². The van der Waals surface area contributed by atoms with Crippen molar-refractivity contribution in [2.24, 2.45) is 0 Å². The normalized spacial score (nSPS) is 8.64. The summed E-state index contributed by atoms with van der Waals surface area (Å²) in [4.78, 5) is 4.15. The van der Waals surface area contributed by atoms with E-state index in [0.29, 0.717) is 0 Å². The van der Waals surface area contributed by atoms with Crippen molar-refractivity contribution in [3.63, 3.8) is 0 Å². The molecule has 62 valence electrons. The summed E-state index contributed by atoms with van der Waals surface area (Å²) in [5.74, 6) is 0. The number of halogens is 1. The monoisotopic (exact) mass is 172 g/mol. The van der Waals surface area contributed by atoms with Crippen molar-refractivity contribution in [2.45, 2.75) is 13.8 Å². The van der Waals surface area contributed by atoms with E-state index in [4.69, 9.17) is 0 Å². The molecule has 0 aliphatic carbocycles. The Balaban J connectivity index is 0.000001000. The van der Waals surface area contributed by atoms with Gasteiger partial charge in [0.05, 0.1) is 11.9 Å². The summed E-state index contributed by atoms with van der Waals surface area (Å²) in [6.07, 6.45) is 1.85. The van der Waals surface area contributed by atoms with E-state index in [2.05, 4.69) is 23.3 Å². The SMILES string of the molecule is CNc1cnc(C)cc1C.Cl. The first kappa shape index (κ1) is 10.2. The Morgan fingerprint density at radius 1 is 1.36 bits per heavy atom. The molecule has 0 unspecified atom stereocenters. The first-order valence-corrected chi connectivity index (χ1v) is 3.35. The molecule has 0 aromatic carbocycles. The molecule has 0 saturated carbocycles. The second-order valence-corrected chi connectivity index (χ2v) is 2.39. The van der Waals surface area contributed by atoms with E-state index in [-0.39, 0.29) is 12.4 Å². The second-order valence-electron chi connectivity index (χ2n) is 2.39. The molecule has 0 amide bonds. The summed E-state index contributed by atoms with van der Waals surface area (Å²) >= 11 is 0. The van der Waals surface area contributed by atoms with Crippen molar-refractivity contribution in [1.82, 2.24) is 4.98 Å². The van der Waals surface area contributed by atoms with E-state index in [1.165, 1.54) is 5.56 Å². The molecule has 3 heteroatoms. The van der Waals surface area contributed by atoms with Gasteiger partial charge in [0, 0.05) is 12.7 Å². The van der Waals surface area contributed by atoms with Crippen LogP contribution in [0, 0.1) is 13.8 Å². The maximum absolute atomic E-state index is 4.15. The summed E-state index contributed by atoms with van der Waals surface area (Å²) in [6.45, 7) is 4.06. The van der Waals surface area contributed by atoms with Crippen LogP contribution in [0.1, 0.15) is 11.3 Å². The van der Waals surface area contributed by atoms with Crippen LogP contribution >= 0.6 is 12.4 Å². The molecule has 1 aromatic heterocycles. The molecule has 2 nitrogen and oxygen atoms in total. The number of hydrogen-bond acceptors (Lipinski definition) is 2. The molecular formula is C8H13ClN2. The summed E-state index contributed by atoms with van der Waals surface area (Å²) < 4.78 is 0. The molecule has 0 saturated heterocycles. The lowest BCUT2D eigenvalue weighted by atomic mass is 10.2. The molecule has 11 heavy (non-hydrogen) atoms. The Bertz CT molecular complexity index is 236. The van der Waals surface area contributed by atoms with Crippen LogP contribution in [-0.4, -0.2) is 12.0 Å². The molecule has 1 aromatic rings. The van der Waals surface area contributed by atoms with Crippen molar-refractivity contribution in [3.05, 3.63) is 23.5 Å². The fourth-order valence-electron chi connectivity index (χ4n) is 0.958. The van der Waals surface area contributed by atoms with Crippen LogP contribution in [0.25, 0.3) is 0 Å². The zero-order valence-electron chi connectivity index (χ0n) is 7.01. The maximum atomic E-state index is 4.15. The van der Waals surface area contributed by atoms with E-state index >= 15 is 0 Å². The molecule has 1 rings (SSSR count). The van der Waals surface area contributed by atoms with Gasteiger partial charge in [-0.3, -0.25) is 4.98 Å². The second kappa shape index (κ2) is 4.19. The number of pyridine rings is 1. The molecule has 0 radical (unpaired) electrons. The minimum atomic E-state index is 0. The van der Waals surface area contributed by atoms with Crippen LogP contribution in [0.15, 0.2) is 12.3 Å². The molecule has 0 fully saturated rings. The average molecular weight is 173 g/mol. The minimum Gasteiger partial charge on any atom is -0.387 e. The summed E-state index contributed by atoms with van der Waals surface area (Å²) in [6, 6.07) is 2.06. The lowest BCUT2D eigenvalue weighted by molar-refractivity contribution is 1.17. The fraction of sp³-hybridized carbons (Fsp3) is 0.375. The molecule has 0 aliphatic rings. The molecule has 0 aliphatic heterocycles. The highest BCUT2D eigenvalue weighted by atomic mass is 35.5. The van der Waals surface area contributed by atoms with Crippen molar-refractivity contribution < 1.29 is 0 Å². The quantitative estimate of drug-likeness (QED) is 0.703. The first-order chi connectivity index (χ1) is 4.74. The van der Waals surface area contributed by atoms with Gasteiger partial charge in [-0.1, -0.05) is 0 Å². The van der Waals surface area contributed by atoms with E-state index in [9.17, 15) is 0 Å². The van der Waals surface area contributed by atoms with Crippen molar-refractivity contribution >= 4 is 18.1 Å². The fourth-order valence-corrected chi connectivity index (χ4v) is 0.958. The van der Waals surface area contributed by atoms with Crippen molar-refractivity contribution in [1.29, 1.82) is 0 Å². The van der Waals surface area contributed by atoms with Gasteiger partial charge in [-0.25, -0.2) is 0 Å². The molecule has 0 atom stereocenters. The Kier molecular flexibility index (Phi) is 3.90. The average Bonchev–Trinajstić information content (AvgIpc) is 1.88. The third-order valence-electron chi connectivity index (χ3n) is 1.52. The highest BCUT2D eigenvalue weighted by Gasteiger charge is 1.93. The standard InChI is InChI=1S/C8H12N2.ClH/c1-6-4-7(2)10-5-8(6)9-3;/h4-5,9H,1-3H3;1H. The number of nitrogens with one attached hydrogen (secondary N) is 1. The number of aryl methyl sites for hydroxylation is 2. The van der Waals surface area contributed by atoms with Gasteiger partial charge in [0.15, 0.2) is 0 Å². The lowest BCUT2D eigenvalue weighted by Crippen LogP contribution is -1.93. The molecule has 0 bridgehead atoms. The van der Waals surface area contributed by atoms with Gasteiger partial charge < -0.3 is 5.32 Å². The number of nitrogens with zero attached hydrogens (tertiary/aromatic N) is 1. The van der Waals surface area contributed by atoms with E-state index in [0.717, 1.165) is 11.4 Å². The molecule has 1 N–H and O–H groups in total. The zero-order valence-corrected chi connectivity index (χ0v) is 7.83. The summed E-state index contributed by atoms with van der Waals surface area (Å²) in [5.41, 5.74) is 3.41. The van der Waals surface area contributed by atoms with Gasteiger partial charge in [-0.2, -0.15) is 0 Å². The van der Waals surface area contributed by atoms with Gasteiger partial charge in [-0.05, 0) is 25.5 Å². The lowest BCUT2D eigenvalue weighted by Gasteiger charge is -2.03. The Hall–Kier alpha value is -0.760. The third-order valence-corrected chi connectivity index (χ3v) is 1.52. The number of hydrogen-bond donors (Lipinski definition) is 1. The topological polar surface area (TPSA) is 24.9 Å². The van der Waals surface area contributed by atoms with Gasteiger partial charge in [0.2, 0.25) is 0 Å². The van der Waals surface area contributed by atoms with Crippen molar-refractivity contribution in [3.8, 4) is 0 Å². The van der Waals surface area contributed by atoms with Crippen LogP contribution in [0.4, 0.5) is 5.69 Å². The first-order valence-electron chi connectivity index (χ1n) is 3.35. The Labute approximate surface area is 73.4 Å². The van der Waals surface area contributed by atoms with E-state index < -0.39 is 0 Å². The Morgan fingerprint density at radius 3 is 2.45 bits per heavy atom. The molecular weight excluding hydrogens is 160 g/mol. The van der Waals surface area contributed by atoms with Crippen molar-refractivity contribution in [2.75, 3.05) is 12.4 Å². The van der Waals surface area contributed by atoms with E-state index in [1.54, 1.807) is 0 Å². The summed E-state index contributed by atoms with van der Waals surface area (Å²) in [5, 5.41) is 3.06. The largest absolute Gasteiger partial charge is 0.387 e. The number of anilines is 1. The summed E-state index contributed by atoms with van der Waals surface area (Å²) in [7, 11) is 1.90. The molecule has 1 heterocycles. The highest BCUT2D eigenvalue weighted by Crippen LogP contribution is 2.11. The van der Waals surface area contributed by atoms with Crippen LogP contribution < -0.4 is 5.32 Å². The predicted octanol–water partition coefficient (Wildman–Crippen LogP) is 2.16. The van der Waals surface area contributed by atoms with Crippen LogP contribution in [0.3, 0.4) is 0 Å². The smallest absolute Gasteiger partial charge is 0.0554 e.